The van der Waals surface area contributed by atoms with Gasteiger partial charge in [-0.05, 0) is 49.4 Å². The zero-order chi connectivity index (χ0) is 13.8. The summed E-state index contributed by atoms with van der Waals surface area (Å²) in [4.78, 5) is 0. The molecule has 0 unspecified atom stereocenters. The second kappa shape index (κ2) is 6.21. The Labute approximate surface area is 129 Å². The van der Waals surface area contributed by atoms with Crippen LogP contribution in [0.4, 0.5) is 11.4 Å². The smallest absolute Gasteiger partial charge is 0.0669 e. The summed E-state index contributed by atoms with van der Waals surface area (Å²) in [6, 6.07) is 13.6. The maximum absolute atomic E-state index is 5.97. The lowest BCUT2D eigenvalue weighted by Crippen LogP contribution is -2.03. The molecule has 2 aromatic carbocycles. The van der Waals surface area contributed by atoms with Gasteiger partial charge in [-0.3, -0.25) is 5.43 Å². The summed E-state index contributed by atoms with van der Waals surface area (Å²) < 4.78 is 2.00. The van der Waals surface area contributed by atoms with Gasteiger partial charge in [-0.2, -0.15) is 5.10 Å². The Morgan fingerprint density at radius 2 is 1.68 bits per heavy atom. The Balaban J connectivity index is 2.16. The first-order valence-electron chi connectivity index (χ1n) is 5.67. The van der Waals surface area contributed by atoms with E-state index in [4.69, 9.17) is 5.73 Å². The number of nitrogens with two attached hydrogens (primary N) is 1. The first-order valence-corrected chi connectivity index (χ1v) is 7.26. The highest BCUT2D eigenvalue weighted by Crippen LogP contribution is 2.20. The molecule has 19 heavy (non-hydrogen) atoms. The number of anilines is 2. The molecule has 3 nitrogen and oxygen atoms in total. The molecule has 0 heterocycles. The normalized spacial score (nSPS) is 11.4. The van der Waals surface area contributed by atoms with Crippen molar-refractivity contribution in [1.82, 2.24) is 0 Å². The van der Waals surface area contributed by atoms with Crippen LogP contribution < -0.4 is 11.2 Å². The molecular weight excluding hydrogens is 370 g/mol. The van der Waals surface area contributed by atoms with Gasteiger partial charge in [-0.15, -0.1) is 0 Å². The van der Waals surface area contributed by atoms with E-state index in [0.29, 0.717) is 5.69 Å². The standard InChI is InChI=1S/C14H13Br2N3/c1-9(13-7-4-11(16)8-14(13)17)18-19-12-5-2-10(15)3-6-12/h2-8,19H,17H2,1H3/b18-9+. The van der Waals surface area contributed by atoms with E-state index in [1.807, 2.05) is 49.4 Å². The zero-order valence-electron chi connectivity index (χ0n) is 10.3. The van der Waals surface area contributed by atoms with Crippen molar-refractivity contribution in [3.8, 4) is 0 Å². The minimum atomic E-state index is 0.702. The maximum atomic E-state index is 5.97. The Hall–Kier alpha value is -1.33. The van der Waals surface area contributed by atoms with Crippen LogP contribution in [-0.2, 0) is 0 Å². The quantitative estimate of drug-likeness (QED) is 0.462. The van der Waals surface area contributed by atoms with Crippen molar-refractivity contribution in [3.05, 3.63) is 57.0 Å². The predicted molar refractivity (Wildman–Crippen MR) is 88.5 cm³/mol. The second-order valence-corrected chi connectivity index (χ2v) is 5.88. The molecule has 98 valence electrons. The Bertz CT molecular complexity index is 607. The molecule has 0 bridgehead atoms. The molecule has 0 saturated carbocycles. The molecule has 0 aliphatic rings. The third-order valence-electron chi connectivity index (χ3n) is 2.60. The fourth-order valence-corrected chi connectivity index (χ4v) is 2.24. The highest BCUT2D eigenvalue weighted by atomic mass is 79.9. The van der Waals surface area contributed by atoms with Gasteiger partial charge in [0, 0.05) is 20.2 Å². The molecule has 0 fully saturated rings. The van der Waals surface area contributed by atoms with Gasteiger partial charge < -0.3 is 5.73 Å². The van der Waals surface area contributed by atoms with E-state index in [1.165, 1.54) is 0 Å². The van der Waals surface area contributed by atoms with Crippen molar-refractivity contribution in [2.45, 2.75) is 6.92 Å². The van der Waals surface area contributed by atoms with Crippen LogP contribution >= 0.6 is 31.9 Å². The second-order valence-electron chi connectivity index (χ2n) is 4.05. The van der Waals surface area contributed by atoms with E-state index in [0.717, 1.165) is 25.9 Å². The minimum absolute atomic E-state index is 0.702. The predicted octanol–water partition coefficient (Wildman–Crippen LogP) is 4.63. The average molecular weight is 383 g/mol. The lowest BCUT2D eigenvalue weighted by atomic mass is 10.1. The molecule has 5 heteroatoms. The number of hydrazone groups is 1. The number of nitrogens with one attached hydrogen (secondary N) is 1. The summed E-state index contributed by atoms with van der Waals surface area (Å²) in [5.74, 6) is 0. The van der Waals surface area contributed by atoms with Gasteiger partial charge >= 0.3 is 0 Å². The number of nitrogens with zero attached hydrogens (tertiary/aromatic N) is 1. The third kappa shape index (κ3) is 3.81. The lowest BCUT2D eigenvalue weighted by molar-refractivity contribution is 1.32. The lowest BCUT2D eigenvalue weighted by Gasteiger charge is -2.07. The van der Waals surface area contributed by atoms with Crippen molar-refractivity contribution in [1.29, 1.82) is 0 Å². The third-order valence-corrected chi connectivity index (χ3v) is 3.62. The molecule has 0 aliphatic heterocycles. The molecule has 0 amide bonds. The number of hydrogen-bond acceptors (Lipinski definition) is 3. The van der Waals surface area contributed by atoms with Crippen LogP contribution in [0.1, 0.15) is 12.5 Å². The Kier molecular flexibility index (Phi) is 4.61. The van der Waals surface area contributed by atoms with Crippen LogP contribution in [0, 0.1) is 0 Å². The monoisotopic (exact) mass is 381 g/mol. The zero-order valence-corrected chi connectivity index (χ0v) is 13.5. The molecule has 0 spiro atoms. The van der Waals surface area contributed by atoms with E-state index in [2.05, 4.69) is 42.4 Å². The van der Waals surface area contributed by atoms with Gasteiger partial charge in [0.2, 0.25) is 0 Å². The summed E-state index contributed by atoms with van der Waals surface area (Å²) in [5, 5.41) is 4.34. The number of benzene rings is 2. The Morgan fingerprint density at radius 3 is 2.32 bits per heavy atom. The summed E-state index contributed by atoms with van der Waals surface area (Å²) in [5.41, 5.74) is 12.4. The van der Waals surface area contributed by atoms with E-state index >= 15 is 0 Å². The van der Waals surface area contributed by atoms with Gasteiger partial charge in [0.1, 0.15) is 0 Å². The van der Waals surface area contributed by atoms with Gasteiger partial charge in [-0.25, -0.2) is 0 Å². The summed E-state index contributed by atoms with van der Waals surface area (Å²) in [6.07, 6.45) is 0. The molecular formula is C14H13Br2N3. The highest BCUT2D eigenvalue weighted by Gasteiger charge is 2.03. The van der Waals surface area contributed by atoms with Crippen LogP contribution in [0.5, 0.6) is 0 Å². The number of nitrogen functional groups attached to an aromatic ring is 1. The molecule has 0 aromatic heterocycles. The topological polar surface area (TPSA) is 50.4 Å². The van der Waals surface area contributed by atoms with Crippen molar-refractivity contribution >= 4 is 48.9 Å². The van der Waals surface area contributed by atoms with E-state index in [-0.39, 0.29) is 0 Å². The van der Waals surface area contributed by atoms with Crippen molar-refractivity contribution in [3.63, 3.8) is 0 Å². The molecule has 3 N–H and O–H groups in total. The minimum Gasteiger partial charge on any atom is -0.398 e. The number of hydrogen-bond donors (Lipinski definition) is 2. The van der Waals surface area contributed by atoms with Gasteiger partial charge in [0.15, 0.2) is 0 Å². The van der Waals surface area contributed by atoms with Crippen LogP contribution in [0.25, 0.3) is 0 Å². The Morgan fingerprint density at radius 1 is 1.05 bits per heavy atom. The fourth-order valence-electron chi connectivity index (χ4n) is 1.60. The number of rotatable bonds is 3. The van der Waals surface area contributed by atoms with Gasteiger partial charge in [-0.1, -0.05) is 31.9 Å². The van der Waals surface area contributed by atoms with Crippen molar-refractivity contribution in [2.24, 2.45) is 5.10 Å². The SMILES string of the molecule is C/C(=N\Nc1ccc(Br)cc1)c1ccc(Br)cc1N. The summed E-state index contributed by atoms with van der Waals surface area (Å²) in [6.45, 7) is 1.92. The number of halogens is 2. The van der Waals surface area contributed by atoms with Gasteiger partial charge in [0.05, 0.1) is 11.4 Å². The highest BCUT2D eigenvalue weighted by molar-refractivity contribution is 9.10. The first-order chi connectivity index (χ1) is 9.06. The van der Waals surface area contributed by atoms with E-state index in [9.17, 15) is 0 Å². The maximum Gasteiger partial charge on any atom is 0.0669 e. The van der Waals surface area contributed by atoms with E-state index in [1.54, 1.807) is 0 Å². The molecule has 0 aliphatic carbocycles. The van der Waals surface area contributed by atoms with E-state index < -0.39 is 0 Å². The summed E-state index contributed by atoms with van der Waals surface area (Å²) in [7, 11) is 0. The molecule has 0 atom stereocenters. The molecule has 2 aromatic rings. The largest absolute Gasteiger partial charge is 0.398 e. The van der Waals surface area contributed by atoms with Crippen molar-refractivity contribution < 1.29 is 0 Å². The molecule has 0 saturated heterocycles. The van der Waals surface area contributed by atoms with Crippen LogP contribution in [0.3, 0.4) is 0 Å². The fraction of sp³-hybridized carbons (Fsp3) is 0.0714. The first kappa shape index (κ1) is 14.1. The van der Waals surface area contributed by atoms with Crippen molar-refractivity contribution in [2.75, 3.05) is 11.2 Å². The van der Waals surface area contributed by atoms with Crippen LogP contribution in [0.2, 0.25) is 0 Å². The van der Waals surface area contributed by atoms with Gasteiger partial charge in [0.25, 0.3) is 0 Å². The summed E-state index contributed by atoms with van der Waals surface area (Å²) >= 11 is 6.78. The molecule has 0 radical (unpaired) electrons. The van der Waals surface area contributed by atoms with Crippen LogP contribution in [-0.4, -0.2) is 5.71 Å². The molecule has 2 rings (SSSR count). The van der Waals surface area contributed by atoms with Crippen LogP contribution in [0.15, 0.2) is 56.5 Å². The average Bonchev–Trinajstić information content (AvgIpc) is 2.37.